The second kappa shape index (κ2) is 5.48. The van der Waals surface area contributed by atoms with Crippen molar-refractivity contribution in [3.05, 3.63) is 29.8 Å². The van der Waals surface area contributed by atoms with Gasteiger partial charge in [-0.1, -0.05) is 12.1 Å². The second-order valence-corrected chi connectivity index (χ2v) is 5.02. The van der Waals surface area contributed by atoms with Gasteiger partial charge in [-0.2, -0.15) is 0 Å². The monoisotopic (exact) mass is 265 g/mol. The van der Waals surface area contributed by atoms with E-state index in [0.717, 1.165) is 11.3 Å². The van der Waals surface area contributed by atoms with Crippen LogP contribution in [-0.4, -0.2) is 47.0 Å². The first-order valence-electron chi connectivity index (χ1n) is 6.36. The minimum Gasteiger partial charge on any atom is -0.497 e. The molecule has 1 aliphatic rings. The number of carboxylic acid groups (broad SMARTS) is 1. The summed E-state index contributed by atoms with van der Waals surface area (Å²) in [6, 6.07) is 7.59. The van der Waals surface area contributed by atoms with Crippen LogP contribution in [0.5, 0.6) is 5.75 Å². The third kappa shape index (κ3) is 3.38. The van der Waals surface area contributed by atoms with Crippen molar-refractivity contribution in [1.82, 2.24) is 4.90 Å². The number of nitrogens with zero attached hydrogens (tertiary/aromatic N) is 1. The molecule has 5 heteroatoms. The van der Waals surface area contributed by atoms with Gasteiger partial charge in [0.1, 0.15) is 5.75 Å². The lowest BCUT2D eigenvalue weighted by atomic mass is 9.85. The summed E-state index contributed by atoms with van der Waals surface area (Å²) >= 11 is 0. The molecule has 19 heavy (non-hydrogen) atoms. The summed E-state index contributed by atoms with van der Waals surface area (Å²) in [6.45, 7) is 0.782. The van der Waals surface area contributed by atoms with Gasteiger partial charge in [0.15, 0.2) is 0 Å². The number of hydrogen-bond donors (Lipinski definition) is 2. The summed E-state index contributed by atoms with van der Waals surface area (Å²) < 4.78 is 5.09. The van der Waals surface area contributed by atoms with E-state index < -0.39 is 11.7 Å². The zero-order valence-electron chi connectivity index (χ0n) is 11.0. The number of methoxy groups -OCH3 is 1. The maximum Gasteiger partial charge on any atom is 0.407 e. The topological polar surface area (TPSA) is 70.0 Å². The molecule has 0 radical (unpaired) electrons. The molecule has 1 aromatic rings. The third-order valence-electron chi connectivity index (χ3n) is 3.66. The average molecular weight is 265 g/mol. The molecular weight excluding hydrogens is 246 g/mol. The first kappa shape index (κ1) is 13.7. The van der Waals surface area contributed by atoms with Crippen molar-refractivity contribution in [2.45, 2.75) is 24.9 Å². The molecule has 1 saturated heterocycles. The molecule has 0 bridgehead atoms. The molecule has 0 aromatic heterocycles. The van der Waals surface area contributed by atoms with E-state index in [1.54, 1.807) is 7.11 Å². The Balaban J connectivity index is 1.96. The number of hydrogen-bond acceptors (Lipinski definition) is 3. The summed E-state index contributed by atoms with van der Waals surface area (Å²) in [6.07, 6.45) is 0.590. The molecule has 2 rings (SSSR count). The van der Waals surface area contributed by atoms with Crippen LogP contribution in [0.3, 0.4) is 0 Å². The summed E-state index contributed by atoms with van der Waals surface area (Å²) in [4.78, 5) is 12.2. The molecule has 104 valence electrons. The lowest BCUT2D eigenvalue weighted by molar-refractivity contribution is -0.0162. The van der Waals surface area contributed by atoms with Crippen LogP contribution in [0.2, 0.25) is 0 Å². The maximum atomic E-state index is 10.8. The van der Waals surface area contributed by atoms with Crippen molar-refractivity contribution in [1.29, 1.82) is 0 Å². The number of carbonyl (C=O) groups is 1. The van der Waals surface area contributed by atoms with Gasteiger partial charge in [0.2, 0.25) is 0 Å². The second-order valence-electron chi connectivity index (χ2n) is 5.02. The highest BCUT2D eigenvalue weighted by molar-refractivity contribution is 5.65. The quantitative estimate of drug-likeness (QED) is 0.873. The smallest absolute Gasteiger partial charge is 0.407 e. The lowest BCUT2D eigenvalue weighted by Gasteiger charge is -2.37. The zero-order chi connectivity index (χ0) is 13.9. The molecule has 0 atom stereocenters. The highest BCUT2D eigenvalue weighted by Crippen LogP contribution is 2.27. The highest BCUT2D eigenvalue weighted by Gasteiger charge is 2.33. The number of piperidine rings is 1. The molecule has 2 N–H and O–H groups in total. The molecule has 1 aliphatic heterocycles. The van der Waals surface area contributed by atoms with E-state index in [2.05, 4.69) is 0 Å². The normalized spacial score (nSPS) is 18.1. The molecule has 1 aromatic carbocycles. The summed E-state index contributed by atoms with van der Waals surface area (Å²) in [5.41, 5.74) is 0.229. The maximum absolute atomic E-state index is 10.8. The van der Waals surface area contributed by atoms with E-state index in [4.69, 9.17) is 9.84 Å². The predicted molar refractivity (Wildman–Crippen MR) is 70.5 cm³/mol. The number of rotatable bonds is 3. The van der Waals surface area contributed by atoms with Crippen molar-refractivity contribution in [3.63, 3.8) is 0 Å². The van der Waals surface area contributed by atoms with Crippen LogP contribution in [0, 0.1) is 0 Å². The van der Waals surface area contributed by atoms with Crippen LogP contribution >= 0.6 is 0 Å². The first-order chi connectivity index (χ1) is 9.02. The van der Waals surface area contributed by atoms with Gasteiger partial charge in [-0.25, -0.2) is 4.79 Å². The summed E-state index contributed by atoms with van der Waals surface area (Å²) in [7, 11) is 1.62. The fourth-order valence-corrected chi connectivity index (χ4v) is 2.41. The standard InChI is InChI=1S/C14H19NO4/c1-19-12-4-2-11(3-5-12)10-14(18)6-8-15(9-7-14)13(16)17/h2-5,18H,6-10H2,1H3,(H,16,17). The van der Waals surface area contributed by atoms with E-state index in [9.17, 15) is 9.90 Å². The third-order valence-corrected chi connectivity index (χ3v) is 3.66. The van der Waals surface area contributed by atoms with Gasteiger partial charge in [0, 0.05) is 19.5 Å². The molecule has 1 fully saturated rings. The van der Waals surface area contributed by atoms with E-state index in [-0.39, 0.29) is 0 Å². The predicted octanol–water partition coefficient (Wildman–Crippen LogP) is 1.74. The van der Waals surface area contributed by atoms with Crippen molar-refractivity contribution < 1.29 is 19.7 Å². The molecule has 1 amide bonds. The molecule has 0 spiro atoms. The van der Waals surface area contributed by atoms with Gasteiger partial charge in [0.25, 0.3) is 0 Å². The zero-order valence-corrected chi connectivity index (χ0v) is 11.0. The van der Waals surface area contributed by atoms with Gasteiger partial charge < -0.3 is 19.8 Å². The molecule has 0 saturated carbocycles. The SMILES string of the molecule is COc1ccc(CC2(O)CCN(C(=O)O)CC2)cc1. The first-order valence-corrected chi connectivity index (χ1v) is 6.36. The van der Waals surface area contributed by atoms with Crippen LogP contribution in [0.25, 0.3) is 0 Å². The highest BCUT2D eigenvalue weighted by atomic mass is 16.5. The lowest BCUT2D eigenvalue weighted by Crippen LogP contribution is -2.47. The minimum atomic E-state index is -0.911. The van der Waals surface area contributed by atoms with Crippen LogP contribution in [-0.2, 0) is 6.42 Å². The number of ether oxygens (including phenoxy) is 1. The molecular formula is C14H19NO4. The van der Waals surface area contributed by atoms with E-state index in [0.29, 0.717) is 32.4 Å². The molecule has 5 nitrogen and oxygen atoms in total. The number of benzene rings is 1. The fraction of sp³-hybridized carbons (Fsp3) is 0.500. The van der Waals surface area contributed by atoms with Crippen LogP contribution in [0.15, 0.2) is 24.3 Å². The summed E-state index contributed by atoms with van der Waals surface area (Å²) in [5.74, 6) is 0.788. The Bertz CT molecular complexity index is 435. The molecule has 0 aliphatic carbocycles. The van der Waals surface area contributed by atoms with Crippen LogP contribution < -0.4 is 4.74 Å². The Kier molecular flexibility index (Phi) is 3.95. The fourth-order valence-electron chi connectivity index (χ4n) is 2.41. The van der Waals surface area contributed by atoms with Gasteiger partial charge in [-0.3, -0.25) is 0 Å². The van der Waals surface area contributed by atoms with E-state index in [1.165, 1.54) is 4.90 Å². The van der Waals surface area contributed by atoms with Crippen LogP contribution in [0.1, 0.15) is 18.4 Å². The van der Waals surface area contributed by atoms with Crippen molar-refractivity contribution >= 4 is 6.09 Å². The van der Waals surface area contributed by atoms with E-state index >= 15 is 0 Å². The Hall–Kier alpha value is -1.75. The van der Waals surface area contributed by atoms with Crippen molar-refractivity contribution in [2.24, 2.45) is 0 Å². The van der Waals surface area contributed by atoms with E-state index in [1.807, 2.05) is 24.3 Å². The number of aliphatic hydroxyl groups is 1. The molecule has 0 unspecified atom stereocenters. The average Bonchev–Trinajstić information content (AvgIpc) is 2.40. The van der Waals surface area contributed by atoms with Gasteiger partial charge >= 0.3 is 6.09 Å². The van der Waals surface area contributed by atoms with Gasteiger partial charge in [0.05, 0.1) is 12.7 Å². The Labute approximate surface area is 112 Å². The Morgan fingerprint density at radius 3 is 2.37 bits per heavy atom. The largest absolute Gasteiger partial charge is 0.497 e. The Morgan fingerprint density at radius 1 is 1.32 bits per heavy atom. The van der Waals surface area contributed by atoms with Gasteiger partial charge in [-0.05, 0) is 30.5 Å². The summed E-state index contributed by atoms with van der Waals surface area (Å²) in [5, 5.41) is 19.4. The van der Waals surface area contributed by atoms with Gasteiger partial charge in [-0.15, -0.1) is 0 Å². The minimum absolute atomic E-state index is 0.391. The molecule has 1 heterocycles. The number of amides is 1. The van der Waals surface area contributed by atoms with Crippen molar-refractivity contribution in [2.75, 3.05) is 20.2 Å². The number of likely N-dealkylation sites (tertiary alicyclic amines) is 1. The van der Waals surface area contributed by atoms with Crippen molar-refractivity contribution in [3.8, 4) is 5.75 Å². The van der Waals surface area contributed by atoms with Crippen LogP contribution in [0.4, 0.5) is 4.79 Å². The Morgan fingerprint density at radius 2 is 1.89 bits per heavy atom.